The Balaban J connectivity index is 1.76. The van der Waals surface area contributed by atoms with Crippen molar-refractivity contribution in [2.45, 2.75) is 20.0 Å². The van der Waals surface area contributed by atoms with Gasteiger partial charge < -0.3 is 4.84 Å². The van der Waals surface area contributed by atoms with Crippen LogP contribution in [-0.2, 0) is 21.5 Å². The van der Waals surface area contributed by atoms with Gasteiger partial charge in [0, 0.05) is 23.8 Å². The van der Waals surface area contributed by atoms with Crippen molar-refractivity contribution in [1.29, 1.82) is 0 Å². The summed E-state index contributed by atoms with van der Waals surface area (Å²) in [5, 5.41) is 8.73. The van der Waals surface area contributed by atoms with Crippen molar-refractivity contribution in [1.82, 2.24) is 9.78 Å². The Labute approximate surface area is 148 Å². The van der Waals surface area contributed by atoms with Gasteiger partial charge in [-0.3, -0.25) is 14.3 Å². The SMILES string of the molecule is Cc1ccc(Cl)cc1N1C(=O)[C@@H]2C(c3cn(C)nc3C)=NO[C@H]2C1=O. The molecule has 128 valence electrons. The summed E-state index contributed by atoms with van der Waals surface area (Å²) in [6.45, 7) is 3.65. The third kappa shape index (κ3) is 2.26. The van der Waals surface area contributed by atoms with Gasteiger partial charge in [0.15, 0.2) is 0 Å². The maximum absolute atomic E-state index is 13.0. The molecule has 2 amide bonds. The van der Waals surface area contributed by atoms with Crippen molar-refractivity contribution >= 4 is 34.8 Å². The maximum Gasteiger partial charge on any atom is 0.278 e. The van der Waals surface area contributed by atoms with E-state index in [2.05, 4.69) is 10.3 Å². The number of benzene rings is 1. The van der Waals surface area contributed by atoms with Crippen LogP contribution in [0.4, 0.5) is 5.69 Å². The molecule has 0 unspecified atom stereocenters. The van der Waals surface area contributed by atoms with Crippen molar-refractivity contribution in [3.63, 3.8) is 0 Å². The van der Waals surface area contributed by atoms with Gasteiger partial charge in [-0.2, -0.15) is 5.10 Å². The number of aromatic nitrogens is 2. The first-order chi connectivity index (χ1) is 11.9. The minimum absolute atomic E-state index is 0.361. The van der Waals surface area contributed by atoms with E-state index in [1.165, 1.54) is 0 Å². The van der Waals surface area contributed by atoms with Gasteiger partial charge in [-0.1, -0.05) is 22.8 Å². The van der Waals surface area contributed by atoms with Crippen LogP contribution in [0.25, 0.3) is 0 Å². The van der Waals surface area contributed by atoms with Gasteiger partial charge in [-0.25, -0.2) is 4.90 Å². The Bertz CT molecular complexity index is 949. The quantitative estimate of drug-likeness (QED) is 0.769. The third-order valence-electron chi connectivity index (χ3n) is 4.51. The van der Waals surface area contributed by atoms with E-state index < -0.39 is 17.9 Å². The number of anilines is 1. The summed E-state index contributed by atoms with van der Waals surface area (Å²) in [6, 6.07) is 5.10. The topological polar surface area (TPSA) is 76.8 Å². The molecule has 0 radical (unpaired) electrons. The number of aryl methyl sites for hydroxylation is 3. The zero-order valence-electron chi connectivity index (χ0n) is 13.9. The summed E-state index contributed by atoms with van der Waals surface area (Å²) >= 11 is 6.04. The Morgan fingerprint density at radius 1 is 1.20 bits per heavy atom. The summed E-state index contributed by atoms with van der Waals surface area (Å²) < 4.78 is 1.64. The summed E-state index contributed by atoms with van der Waals surface area (Å²) in [5.41, 5.74) is 3.13. The lowest BCUT2D eigenvalue weighted by Gasteiger charge is -2.18. The molecule has 0 bridgehead atoms. The number of oxime groups is 1. The van der Waals surface area contributed by atoms with Gasteiger partial charge in [0.05, 0.1) is 11.4 Å². The van der Waals surface area contributed by atoms with Crippen LogP contribution in [-0.4, -0.2) is 33.4 Å². The van der Waals surface area contributed by atoms with E-state index in [0.717, 1.165) is 16.2 Å². The highest BCUT2D eigenvalue weighted by Crippen LogP contribution is 2.37. The van der Waals surface area contributed by atoms with Crippen LogP contribution < -0.4 is 4.90 Å². The van der Waals surface area contributed by atoms with Crippen molar-refractivity contribution in [2.24, 2.45) is 18.1 Å². The van der Waals surface area contributed by atoms with Crippen LogP contribution in [0.15, 0.2) is 29.6 Å². The lowest BCUT2D eigenvalue weighted by molar-refractivity contribution is -0.126. The van der Waals surface area contributed by atoms with E-state index in [4.69, 9.17) is 16.4 Å². The van der Waals surface area contributed by atoms with Gasteiger partial charge in [0.25, 0.3) is 5.91 Å². The summed E-state index contributed by atoms with van der Waals surface area (Å²) in [6.07, 6.45) is 0.825. The van der Waals surface area contributed by atoms with Gasteiger partial charge >= 0.3 is 0 Å². The summed E-state index contributed by atoms with van der Waals surface area (Å²) in [7, 11) is 1.79. The second-order valence-electron chi connectivity index (χ2n) is 6.22. The van der Waals surface area contributed by atoms with Crippen molar-refractivity contribution < 1.29 is 14.4 Å². The standard InChI is InChI=1S/C17H15ClN4O3/c1-8-4-5-10(18)6-12(8)22-16(23)13-14(20-25-15(13)17(22)24)11-7-21(3)19-9(11)2/h4-7,13,15H,1-3H3/t13-,15-/m1/s1. The second kappa shape index (κ2) is 5.42. The lowest BCUT2D eigenvalue weighted by atomic mass is 9.94. The maximum atomic E-state index is 13.0. The van der Waals surface area contributed by atoms with Crippen molar-refractivity contribution in [3.8, 4) is 0 Å². The first-order valence-electron chi connectivity index (χ1n) is 7.77. The number of imide groups is 1. The molecule has 7 nitrogen and oxygen atoms in total. The number of amides is 2. The molecule has 0 aliphatic carbocycles. The van der Waals surface area contributed by atoms with Gasteiger partial charge in [0.2, 0.25) is 12.0 Å². The molecule has 1 aromatic carbocycles. The van der Waals surface area contributed by atoms with E-state index in [1.54, 1.807) is 36.1 Å². The van der Waals surface area contributed by atoms with Gasteiger partial charge in [0.1, 0.15) is 11.6 Å². The lowest BCUT2D eigenvalue weighted by Crippen LogP contribution is -2.33. The molecule has 4 rings (SSSR count). The number of carbonyl (C=O) groups excluding carboxylic acids is 2. The van der Waals surface area contributed by atoms with Crippen LogP contribution >= 0.6 is 11.6 Å². The molecule has 8 heteroatoms. The number of halogens is 1. The normalized spacial score (nSPS) is 22.2. The zero-order chi connectivity index (χ0) is 17.9. The predicted molar refractivity (Wildman–Crippen MR) is 91.5 cm³/mol. The van der Waals surface area contributed by atoms with E-state index in [0.29, 0.717) is 22.0 Å². The van der Waals surface area contributed by atoms with Crippen LogP contribution in [0, 0.1) is 19.8 Å². The highest BCUT2D eigenvalue weighted by molar-refractivity contribution is 6.34. The number of hydrogen-bond acceptors (Lipinski definition) is 5. The molecule has 2 atom stereocenters. The van der Waals surface area contributed by atoms with E-state index in [1.807, 2.05) is 13.8 Å². The average Bonchev–Trinajstić information content (AvgIpc) is 3.19. The minimum atomic E-state index is -0.944. The predicted octanol–water partition coefficient (Wildman–Crippen LogP) is 1.98. The van der Waals surface area contributed by atoms with Crippen molar-refractivity contribution in [3.05, 3.63) is 46.2 Å². The molecule has 2 aromatic rings. The van der Waals surface area contributed by atoms with Crippen LogP contribution in [0.1, 0.15) is 16.8 Å². The van der Waals surface area contributed by atoms with Crippen LogP contribution in [0.5, 0.6) is 0 Å². The summed E-state index contributed by atoms with van der Waals surface area (Å²) in [5.74, 6) is -1.56. The average molecular weight is 359 g/mol. The van der Waals surface area contributed by atoms with Crippen LogP contribution in [0.2, 0.25) is 5.02 Å². The molecule has 0 saturated carbocycles. The van der Waals surface area contributed by atoms with E-state index in [9.17, 15) is 9.59 Å². The summed E-state index contributed by atoms with van der Waals surface area (Å²) in [4.78, 5) is 32.3. The monoisotopic (exact) mass is 358 g/mol. The van der Waals surface area contributed by atoms with Crippen molar-refractivity contribution in [2.75, 3.05) is 4.90 Å². The third-order valence-corrected chi connectivity index (χ3v) is 4.75. The first-order valence-corrected chi connectivity index (χ1v) is 8.14. The molecule has 2 aliphatic heterocycles. The molecule has 1 saturated heterocycles. The molecular weight excluding hydrogens is 344 g/mol. The van der Waals surface area contributed by atoms with Gasteiger partial charge in [-0.15, -0.1) is 0 Å². The number of fused-ring (bicyclic) bond motifs is 1. The first kappa shape index (κ1) is 15.8. The number of nitrogens with zero attached hydrogens (tertiary/aromatic N) is 4. The molecular formula is C17H15ClN4O3. The van der Waals surface area contributed by atoms with E-state index >= 15 is 0 Å². The number of rotatable bonds is 2. The van der Waals surface area contributed by atoms with Crippen LogP contribution in [0.3, 0.4) is 0 Å². The fraction of sp³-hybridized carbons (Fsp3) is 0.294. The Hall–Kier alpha value is -2.67. The second-order valence-corrected chi connectivity index (χ2v) is 6.66. The fourth-order valence-electron chi connectivity index (χ4n) is 3.31. The van der Waals surface area contributed by atoms with E-state index in [-0.39, 0.29) is 5.91 Å². The molecule has 2 aliphatic rings. The molecule has 0 N–H and O–H groups in total. The number of hydrogen-bond donors (Lipinski definition) is 0. The largest absolute Gasteiger partial charge is 0.381 e. The molecule has 1 aromatic heterocycles. The molecule has 0 spiro atoms. The smallest absolute Gasteiger partial charge is 0.278 e. The molecule has 3 heterocycles. The fourth-order valence-corrected chi connectivity index (χ4v) is 3.48. The zero-order valence-corrected chi connectivity index (χ0v) is 14.6. The molecule has 25 heavy (non-hydrogen) atoms. The molecule has 1 fully saturated rings. The Morgan fingerprint density at radius 3 is 2.64 bits per heavy atom. The minimum Gasteiger partial charge on any atom is -0.381 e. The highest BCUT2D eigenvalue weighted by atomic mass is 35.5. The highest BCUT2D eigenvalue weighted by Gasteiger charge is 2.56. The Kier molecular flexibility index (Phi) is 3.43. The van der Waals surface area contributed by atoms with Gasteiger partial charge in [-0.05, 0) is 31.5 Å². The number of carbonyl (C=O) groups is 2. The Morgan fingerprint density at radius 2 is 1.96 bits per heavy atom.